The highest BCUT2D eigenvalue weighted by atomic mass is 16.5. The summed E-state index contributed by atoms with van der Waals surface area (Å²) >= 11 is 0. The monoisotopic (exact) mass is 124 g/mol. The lowest BCUT2D eigenvalue weighted by Crippen LogP contribution is -1.96. The number of hydrogen-bond acceptors (Lipinski definition) is 2. The van der Waals surface area contributed by atoms with E-state index in [0.29, 0.717) is 12.1 Å². The maximum absolute atomic E-state index is 5.30. The second-order valence-corrected chi connectivity index (χ2v) is 2.21. The van der Waals surface area contributed by atoms with Crippen LogP contribution in [0.15, 0.2) is 12.4 Å². The molecule has 3 heteroatoms. The fourth-order valence-corrected chi connectivity index (χ4v) is 0.659. The third-order valence-corrected chi connectivity index (χ3v) is 1.28. The van der Waals surface area contributed by atoms with Gasteiger partial charge in [0.05, 0.1) is 0 Å². The molecule has 0 unspecified atom stereocenters. The van der Waals surface area contributed by atoms with Gasteiger partial charge in [-0.05, 0) is 12.8 Å². The van der Waals surface area contributed by atoms with Crippen molar-refractivity contribution >= 4 is 0 Å². The second kappa shape index (κ2) is 1.76. The number of aromatic nitrogens is 2. The Balaban J connectivity index is 1.99. The van der Waals surface area contributed by atoms with Gasteiger partial charge in [0, 0.05) is 12.4 Å². The summed E-state index contributed by atoms with van der Waals surface area (Å²) in [5.41, 5.74) is 0. The first kappa shape index (κ1) is 4.85. The molecule has 48 valence electrons. The van der Waals surface area contributed by atoms with Crippen molar-refractivity contribution in [1.82, 2.24) is 9.97 Å². The smallest absolute Gasteiger partial charge is 0.293 e. The quantitative estimate of drug-likeness (QED) is 0.637. The predicted molar refractivity (Wildman–Crippen MR) is 32.2 cm³/mol. The zero-order chi connectivity index (χ0) is 6.10. The first-order valence-electron chi connectivity index (χ1n) is 3.11. The van der Waals surface area contributed by atoms with Crippen LogP contribution in [-0.2, 0) is 0 Å². The normalized spacial score (nSPS) is 17.8. The molecule has 1 aromatic heterocycles. The average molecular weight is 124 g/mol. The van der Waals surface area contributed by atoms with Gasteiger partial charge in [-0.25, -0.2) is 4.98 Å². The van der Waals surface area contributed by atoms with Gasteiger partial charge >= 0.3 is 0 Å². The summed E-state index contributed by atoms with van der Waals surface area (Å²) in [5, 5.41) is 0. The summed E-state index contributed by atoms with van der Waals surface area (Å²) in [6.07, 6.45) is 6.26. The summed E-state index contributed by atoms with van der Waals surface area (Å²) < 4.78 is 5.30. The lowest BCUT2D eigenvalue weighted by Gasteiger charge is -1.95. The molecule has 0 bridgehead atoms. The fourth-order valence-electron chi connectivity index (χ4n) is 0.659. The molecule has 1 fully saturated rings. The second-order valence-electron chi connectivity index (χ2n) is 2.21. The molecule has 2 rings (SSSR count). The van der Waals surface area contributed by atoms with Crippen LogP contribution in [0.5, 0.6) is 6.01 Å². The molecule has 9 heavy (non-hydrogen) atoms. The molecule has 0 amide bonds. The number of ether oxygens (including phenoxy) is 1. The maximum Gasteiger partial charge on any atom is 0.293 e. The molecule has 1 aliphatic carbocycles. The van der Waals surface area contributed by atoms with Gasteiger partial charge in [-0.2, -0.15) is 0 Å². The number of nitrogens with zero attached hydrogens (tertiary/aromatic N) is 1. The number of hydrogen-bond donors (Lipinski definition) is 1. The van der Waals surface area contributed by atoms with Gasteiger partial charge < -0.3 is 9.72 Å². The van der Waals surface area contributed by atoms with Gasteiger partial charge in [-0.1, -0.05) is 0 Å². The van der Waals surface area contributed by atoms with Gasteiger partial charge in [-0.15, -0.1) is 0 Å². The Kier molecular flexibility index (Phi) is 0.946. The number of nitrogens with one attached hydrogen (secondary N) is 1. The first-order valence-corrected chi connectivity index (χ1v) is 3.11. The van der Waals surface area contributed by atoms with E-state index < -0.39 is 0 Å². The van der Waals surface area contributed by atoms with Crippen molar-refractivity contribution in [3.63, 3.8) is 0 Å². The highest BCUT2D eigenvalue weighted by Crippen LogP contribution is 2.23. The Morgan fingerprint density at radius 2 is 2.56 bits per heavy atom. The summed E-state index contributed by atoms with van der Waals surface area (Å²) in [7, 11) is 0. The van der Waals surface area contributed by atoms with E-state index in [2.05, 4.69) is 9.97 Å². The molecule has 1 aromatic rings. The van der Waals surface area contributed by atoms with Gasteiger partial charge in [0.25, 0.3) is 6.01 Å². The van der Waals surface area contributed by atoms with Crippen molar-refractivity contribution in [3.8, 4) is 6.01 Å². The van der Waals surface area contributed by atoms with E-state index in [-0.39, 0.29) is 0 Å². The van der Waals surface area contributed by atoms with Crippen molar-refractivity contribution < 1.29 is 4.74 Å². The third kappa shape index (κ3) is 1.04. The van der Waals surface area contributed by atoms with Gasteiger partial charge in [0.15, 0.2) is 0 Å². The summed E-state index contributed by atoms with van der Waals surface area (Å²) in [6, 6.07) is 0.650. The standard InChI is InChI=1S/C6H8N2O/c1-2-5(1)9-6-7-3-4-8-6/h3-5H,1-2H2,(H,7,8). The van der Waals surface area contributed by atoms with Crippen LogP contribution in [-0.4, -0.2) is 16.1 Å². The van der Waals surface area contributed by atoms with E-state index in [1.807, 2.05) is 0 Å². The number of aromatic amines is 1. The highest BCUT2D eigenvalue weighted by molar-refractivity contribution is 4.95. The third-order valence-electron chi connectivity index (χ3n) is 1.28. The molecule has 0 spiro atoms. The summed E-state index contributed by atoms with van der Waals surface area (Å²) in [5.74, 6) is 0. The van der Waals surface area contributed by atoms with Crippen LogP contribution < -0.4 is 4.74 Å². The summed E-state index contributed by atoms with van der Waals surface area (Å²) in [6.45, 7) is 0. The van der Waals surface area contributed by atoms with Crippen LogP contribution >= 0.6 is 0 Å². The zero-order valence-corrected chi connectivity index (χ0v) is 5.00. The molecular weight excluding hydrogens is 116 g/mol. The lowest BCUT2D eigenvalue weighted by atomic mass is 10.8. The van der Waals surface area contributed by atoms with Crippen molar-refractivity contribution in [2.45, 2.75) is 18.9 Å². The molecule has 0 atom stereocenters. The van der Waals surface area contributed by atoms with Crippen LogP contribution in [0.4, 0.5) is 0 Å². The van der Waals surface area contributed by atoms with Gasteiger partial charge in [0.1, 0.15) is 6.10 Å². The van der Waals surface area contributed by atoms with Gasteiger partial charge in [0.2, 0.25) is 0 Å². The van der Waals surface area contributed by atoms with Crippen LogP contribution in [0, 0.1) is 0 Å². The van der Waals surface area contributed by atoms with Crippen molar-refractivity contribution in [1.29, 1.82) is 0 Å². The van der Waals surface area contributed by atoms with E-state index in [9.17, 15) is 0 Å². The highest BCUT2D eigenvalue weighted by Gasteiger charge is 2.24. The Morgan fingerprint density at radius 1 is 1.67 bits per heavy atom. The minimum absolute atomic E-state index is 0.441. The molecule has 3 nitrogen and oxygen atoms in total. The maximum atomic E-state index is 5.30. The Hall–Kier alpha value is -0.990. The Bertz CT molecular complexity index is 179. The molecule has 1 saturated carbocycles. The van der Waals surface area contributed by atoms with Gasteiger partial charge in [-0.3, -0.25) is 0 Å². The Labute approximate surface area is 53.1 Å². The van der Waals surface area contributed by atoms with Crippen molar-refractivity contribution in [2.75, 3.05) is 0 Å². The lowest BCUT2D eigenvalue weighted by molar-refractivity contribution is 0.281. The molecular formula is C6H8N2O. The van der Waals surface area contributed by atoms with Crippen LogP contribution in [0.2, 0.25) is 0 Å². The zero-order valence-electron chi connectivity index (χ0n) is 5.00. The van der Waals surface area contributed by atoms with Crippen LogP contribution in [0.3, 0.4) is 0 Å². The van der Waals surface area contributed by atoms with E-state index in [1.165, 1.54) is 12.8 Å². The van der Waals surface area contributed by atoms with Crippen LogP contribution in [0.25, 0.3) is 0 Å². The summed E-state index contributed by atoms with van der Waals surface area (Å²) in [4.78, 5) is 6.79. The van der Waals surface area contributed by atoms with E-state index in [4.69, 9.17) is 4.74 Å². The topological polar surface area (TPSA) is 37.9 Å². The number of rotatable bonds is 2. The largest absolute Gasteiger partial charge is 0.462 e. The fraction of sp³-hybridized carbons (Fsp3) is 0.500. The average Bonchev–Trinajstić information content (AvgIpc) is 2.46. The number of H-pyrrole nitrogens is 1. The van der Waals surface area contributed by atoms with Crippen molar-refractivity contribution in [2.24, 2.45) is 0 Å². The first-order chi connectivity index (χ1) is 4.45. The van der Waals surface area contributed by atoms with Crippen molar-refractivity contribution in [3.05, 3.63) is 12.4 Å². The molecule has 0 saturated heterocycles. The molecule has 1 N–H and O–H groups in total. The minimum Gasteiger partial charge on any atom is -0.462 e. The Morgan fingerprint density at radius 3 is 3.11 bits per heavy atom. The molecule has 0 radical (unpaired) electrons. The minimum atomic E-state index is 0.441. The molecule has 0 aliphatic heterocycles. The number of imidazole rings is 1. The molecule has 1 heterocycles. The van der Waals surface area contributed by atoms with E-state index >= 15 is 0 Å². The predicted octanol–water partition coefficient (Wildman–Crippen LogP) is 0.951. The molecule has 0 aromatic carbocycles. The SMILES string of the molecule is c1c[nH]c(OC2CC2)n1. The van der Waals surface area contributed by atoms with Crippen LogP contribution in [0.1, 0.15) is 12.8 Å². The van der Waals surface area contributed by atoms with E-state index in [1.54, 1.807) is 12.4 Å². The molecule has 1 aliphatic rings. The van der Waals surface area contributed by atoms with E-state index in [0.717, 1.165) is 0 Å².